The highest BCUT2D eigenvalue weighted by Gasteiger charge is 2.07. The Morgan fingerprint density at radius 2 is 2.47 bits per heavy atom. The largest absolute Gasteiger partial charge is 0.365 e. The lowest BCUT2D eigenvalue weighted by atomic mass is 10.1. The summed E-state index contributed by atoms with van der Waals surface area (Å²) in [5.41, 5.74) is 6.48. The number of nitrogens with zero attached hydrogens (tertiary/aromatic N) is 3. The van der Waals surface area contributed by atoms with Crippen molar-refractivity contribution >= 4 is 12.0 Å². The van der Waals surface area contributed by atoms with Crippen molar-refractivity contribution < 1.29 is 4.79 Å². The van der Waals surface area contributed by atoms with Crippen molar-refractivity contribution in [2.45, 2.75) is 20.4 Å². The molecule has 0 atom stereocenters. The highest BCUT2D eigenvalue weighted by Crippen LogP contribution is 2.10. The number of hydrogen-bond donors (Lipinski definition) is 1. The van der Waals surface area contributed by atoms with Crippen molar-refractivity contribution in [1.82, 2.24) is 9.78 Å². The smallest absolute Gasteiger partial charge is 0.259 e. The van der Waals surface area contributed by atoms with Gasteiger partial charge in [-0.3, -0.25) is 9.48 Å². The number of rotatable bonds is 3. The van der Waals surface area contributed by atoms with Gasteiger partial charge in [-0.2, -0.15) is 10.4 Å². The molecule has 1 heterocycles. The SMILES string of the molecule is CCn1cc(C=C(C#N)C(N)=O)c(C)n1. The average molecular weight is 204 g/mol. The van der Waals surface area contributed by atoms with E-state index in [1.165, 1.54) is 6.08 Å². The fourth-order valence-corrected chi connectivity index (χ4v) is 1.15. The molecule has 2 N–H and O–H groups in total. The van der Waals surface area contributed by atoms with Gasteiger partial charge in [-0.25, -0.2) is 0 Å². The van der Waals surface area contributed by atoms with Gasteiger partial charge in [0, 0.05) is 18.3 Å². The van der Waals surface area contributed by atoms with E-state index in [0.717, 1.165) is 17.8 Å². The fraction of sp³-hybridized carbons (Fsp3) is 0.300. The summed E-state index contributed by atoms with van der Waals surface area (Å²) in [5.74, 6) is -0.721. The Labute approximate surface area is 87.8 Å². The molecule has 78 valence electrons. The van der Waals surface area contributed by atoms with Gasteiger partial charge in [0.2, 0.25) is 0 Å². The molecule has 0 radical (unpaired) electrons. The Kier molecular flexibility index (Phi) is 3.24. The minimum absolute atomic E-state index is 0.0613. The van der Waals surface area contributed by atoms with Crippen LogP contribution in [0.3, 0.4) is 0 Å². The van der Waals surface area contributed by atoms with Gasteiger partial charge in [-0.1, -0.05) is 0 Å². The van der Waals surface area contributed by atoms with E-state index in [-0.39, 0.29) is 5.57 Å². The zero-order chi connectivity index (χ0) is 11.4. The predicted octanol–water partition coefficient (Wildman–Crippen LogP) is 0.604. The van der Waals surface area contributed by atoms with Gasteiger partial charge >= 0.3 is 0 Å². The quantitative estimate of drug-likeness (QED) is 0.578. The molecule has 0 aromatic carbocycles. The van der Waals surface area contributed by atoms with Crippen LogP contribution in [-0.2, 0) is 11.3 Å². The maximum atomic E-state index is 10.8. The lowest BCUT2D eigenvalue weighted by Crippen LogP contribution is -2.12. The molecule has 0 spiro atoms. The summed E-state index contributed by atoms with van der Waals surface area (Å²) >= 11 is 0. The third-order valence-electron chi connectivity index (χ3n) is 1.99. The van der Waals surface area contributed by atoms with Crippen molar-refractivity contribution in [3.63, 3.8) is 0 Å². The summed E-state index contributed by atoms with van der Waals surface area (Å²) in [6.45, 7) is 4.51. The third-order valence-corrected chi connectivity index (χ3v) is 1.99. The third kappa shape index (κ3) is 2.44. The maximum Gasteiger partial charge on any atom is 0.259 e. The highest BCUT2D eigenvalue weighted by atomic mass is 16.1. The van der Waals surface area contributed by atoms with Crippen molar-refractivity contribution in [2.75, 3.05) is 0 Å². The van der Waals surface area contributed by atoms with Crippen molar-refractivity contribution in [3.05, 3.63) is 23.0 Å². The fourth-order valence-electron chi connectivity index (χ4n) is 1.15. The molecule has 0 unspecified atom stereocenters. The number of aryl methyl sites for hydroxylation is 2. The van der Waals surface area contributed by atoms with Gasteiger partial charge in [0.1, 0.15) is 11.6 Å². The molecular formula is C10H12N4O. The zero-order valence-electron chi connectivity index (χ0n) is 8.69. The van der Waals surface area contributed by atoms with E-state index in [1.54, 1.807) is 16.9 Å². The number of amides is 1. The molecule has 0 fully saturated rings. The van der Waals surface area contributed by atoms with Gasteiger partial charge in [-0.15, -0.1) is 0 Å². The van der Waals surface area contributed by atoms with E-state index in [2.05, 4.69) is 5.10 Å². The van der Waals surface area contributed by atoms with E-state index < -0.39 is 5.91 Å². The Hall–Kier alpha value is -2.09. The summed E-state index contributed by atoms with van der Waals surface area (Å²) in [7, 11) is 0. The lowest BCUT2D eigenvalue weighted by Gasteiger charge is -1.90. The number of nitriles is 1. The molecule has 0 saturated carbocycles. The minimum Gasteiger partial charge on any atom is -0.365 e. The van der Waals surface area contributed by atoms with E-state index in [4.69, 9.17) is 11.0 Å². The molecular weight excluding hydrogens is 192 g/mol. The molecule has 0 saturated heterocycles. The van der Waals surface area contributed by atoms with Crippen LogP contribution in [0.5, 0.6) is 0 Å². The summed E-state index contributed by atoms with van der Waals surface area (Å²) < 4.78 is 1.73. The zero-order valence-corrected chi connectivity index (χ0v) is 8.69. The molecule has 0 aliphatic rings. The van der Waals surface area contributed by atoms with Gasteiger partial charge in [0.15, 0.2) is 0 Å². The number of carbonyl (C=O) groups excluding carboxylic acids is 1. The first-order chi connectivity index (χ1) is 7.08. The maximum absolute atomic E-state index is 10.8. The standard InChI is InChI=1S/C10H12N4O/c1-3-14-6-9(7(2)13-14)4-8(5-11)10(12)15/h4,6H,3H2,1-2H3,(H2,12,15). The normalized spacial score (nSPS) is 11.1. The van der Waals surface area contributed by atoms with Crippen LogP contribution in [-0.4, -0.2) is 15.7 Å². The van der Waals surface area contributed by atoms with Gasteiger partial charge in [0.25, 0.3) is 5.91 Å². The number of primary amides is 1. The van der Waals surface area contributed by atoms with Crippen molar-refractivity contribution in [3.8, 4) is 6.07 Å². The first kappa shape index (κ1) is 11.0. The van der Waals surface area contributed by atoms with Crippen molar-refractivity contribution in [1.29, 1.82) is 5.26 Å². The summed E-state index contributed by atoms with van der Waals surface area (Å²) in [4.78, 5) is 10.8. The van der Waals surface area contributed by atoms with E-state index in [9.17, 15) is 4.79 Å². The molecule has 1 aromatic rings. The van der Waals surface area contributed by atoms with Crippen molar-refractivity contribution in [2.24, 2.45) is 5.73 Å². The van der Waals surface area contributed by atoms with Crippen LogP contribution in [0.4, 0.5) is 0 Å². The van der Waals surface area contributed by atoms with Crippen LogP contribution < -0.4 is 5.73 Å². The number of carbonyl (C=O) groups is 1. The molecule has 5 nitrogen and oxygen atoms in total. The Morgan fingerprint density at radius 1 is 1.80 bits per heavy atom. The second-order valence-electron chi connectivity index (χ2n) is 3.06. The lowest BCUT2D eigenvalue weighted by molar-refractivity contribution is -0.114. The summed E-state index contributed by atoms with van der Waals surface area (Å²) in [6.07, 6.45) is 3.23. The molecule has 0 aliphatic carbocycles. The molecule has 0 bridgehead atoms. The predicted molar refractivity (Wildman–Crippen MR) is 55.4 cm³/mol. The Morgan fingerprint density at radius 3 is 2.87 bits per heavy atom. The monoisotopic (exact) mass is 204 g/mol. The second-order valence-corrected chi connectivity index (χ2v) is 3.06. The van der Waals surface area contributed by atoms with Gasteiger partial charge < -0.3 is 5.73 Å². The van der Waals surface area contributed by atoms with Crippen LogP contribution in [0.2, 0.25) is 0 Å². The summed E-state index contributed by atoms with van der Waals surface area (Å²) in [5, 5.41) is 12.9. The molecule has 0 aliphatic heterocycles. The van der Waals surface area contributed by atoms with E-state index in [1.807, 2.05) is 13.8 Å². The second kappa shape index (κ2) is 4.42. The minimum atomic E-state index is -0.721. The van der Waals surface area contributed by atoms with Crippen LogP contribution in [0.1, 0.15) is 18.2 Å². The highest BCUT2D eigenvalue weighted by molar-refractivity contribution is 6.00. The molecule has 5 heteroatoms. The molecule has 1 amide bonds. The number of hydrogen-bond acceptors (Lipinski definition) is 3. The number of nitrogens with two attached hydrogens (primary N) is 1. The Balaban J connectivity index is 3.12. The average Bonchev–Trinajstić information content (AvgIpc) is 2.55. The molecule has 1 rings (SSSR count). The topological polar surface area (TPSA) is 84.7 Å². The van der Waals surface area contributed by atoms with E-state index in [0.29, 0.717) is 0 Å². The Bertz CT molecular complexity index is 450. The van der Waals surface area contributed by atoms with Gasteiger partial charge in [-0.05, 0) is 19.9 Å². The first-order valence-electron chi connectivity index (χ1n) is 4.54. The molecule has 1 aromatic heterocycles. The number of aromatic nitrogens is 2. The van der Waals surface area contributed by atoms with Crippen LogP contribution >= 0.6 is 0 Å². The van der Waals surface area contributed by atoms with E-state index >= 15 is 0 Å². The van der Waals surface area contributed by atoms with Crippen LogP contribution in [0.15, 0.2) is 11.8 Å². The van der Waals surface area contributed by atoms with Gasteiger partial charge in [0.05, 0.1) is 5.69 Å². The van der Waals surface area contributed by atoms with Crippen LogP contribution in [0, 0.1) is 18.3 Å². The summed E-state index contributed by atoms with van der Waals surface area (Å²) in [6, 6.07) is 1.75. The first-order valence-corrected chi connectivity index (χ1v) is 4.54. The van der Waals surface area contributed by atoms with Crippen LogP contribution in [0.25, 0.3) is 6.08 Å². The molecule has 15 heavy (non-hydrogen) atoms.